The number of hydrogen-bond acceptors (Lipinski definition) is 9. The molecule has 0 aliphatic carbocycles. The largest absolute Gasteiger partial charge is 0.423 e. The molecule has 1 aliphatic heterocycles. The van der Waals surface area contributed by atoms with Crippen LogP contribution in [0.25, 0.3) is 21.4 Å². The van der Waals surface area contributed by atoms with Gasteiger partial charge in [0.1, 0.15) is 5.58 Å². The van der Waals surface area contributed by atoms with Crippen molar-refractivity contribution in [1.29, 1.82) is 0 Å². The van der Waals surface area contributed by atoms with Crippen molar-refractivity contribution in [1.82, 2.24) is 5.06 Å². The van der Waals surface area contributed by atoms with E-state index in [2.05, 4.69) is 0 Å². The van der Waals surface area contributed by atoms with Crippen LogP contribution in [0.1, 0.15) is 50.3 Å². The number of rotatable bonds is 9. The summed E-state index contributed by atoms with van der Waals surface area (Å²) >= 11 is 1.42. The number of thiophene rings is 1. The molecule has 0 radical (unpaired) electrons. The fraction of sp³-hybridized carbons (Fsp3) is 0.360. The lowest BCUT2D eigenvalue weighted by atomic mass is 10.1. The van der Waals surface area contributed by atoms with Gasteiger partial charge in [0.25, 0.3) is 5.91 Å². The first-order chi connectivity index (χ1) is 17.2. The second-order valence-corrected chi connectivity index (χ2v) is 9.56. The molecular formula is C25H24FNO8S. The van der Waals surface area contributed by atoms with Gasteiger partial charge in [-0.3, -0.25) is 9.59 Å². The third-order valence-electron chi connectivity index (χ3n) is 5.60. The molecule has 0 saturated carbocycles. The van der Waals surface area contributed by atoms with Crippen molar-refractivity contribution in [3.05, 3.63) is 51.4 Å². The number of amides is 1. The molecule has 1 atom stereocenters. The topological polar surface area (TPSA) is 123 Å². The van der Waals surface area contributed by atoms with Crippen molar-refractivity contribution >= 4 is 40.2 Å². The SMILES string of the molecule is CC(=O)Oc1cc2oc(=O)c(-c3ccc(CCCCCC(=O)ON4C(=O)CCC4O)s3)cc2cc1F. The predicted molar refractivity (Wildman–Crippen MR) is 127 cm³/mol. The molecule has 0 spiro atoms. The van der Waals surface area contributed by atoms with E-state index < -0.39 is 35.5 Å². The van der Waals surface area contributed by atoms with Gasteiger partial charge < -0.3 is 19.1 Å². The van der Waals surface area contributed by atoms with Crippen LogP contribution in [0.2, 0.25) is 0 Å². The maximum absolute atomic E-state index is 14.3. The van der Waals surface area contributed by atoms with Crippen LogP contribution in [0.3, 0.4) is 0 Å². The average Bonchev–Trinajstić information content (AvgIpc) is 3.41. The summed E-state index contributed by atoms with van der Waals surface area (Å²) in [7, 11) is 0. The van der Waals surface area contributed by atoms with Crippen LogP contribution in [0.4, 0.5) is 4.39 Å². The molecule has 1 aliphatic rings. The first-order valence-electron chi connectivity index (χ1n) is 11.5. The molecule has 1 fully saturated rings. The third kappa shape index (κ3) is 5.97. The Hall–Kier alpha value is -3.57. The number of esters is 1. The number of unbranched alkanes of at least 4 members (excludes halogenated alkanes) is 2. The average molecular weight is 518 g/mol. The Balaban J connectivity index is 1.31. The first-order valence-corrected chi connectivity index (χ1v) is 12.3. The molecule has 11 heteroatoms. The number of carbonyl (C=O) groups excluding carboxylic acids is 3. The van der Waals surface area contributed by atoms with Gasteiger partial charge in [-0.25, -0.2) is 14.0 Å². The fourth-order valence-electron chi connectivity index (χ4n) is 3.84. The predicted octanol–water partition coefficient (Wildman–Crippen LogP) is 4.09. The Morgan fingerprint density at radius 1 is 1.19 bits per heavy atom. The second kappa shape index (κ2) is 11.0. The van der Waals surface area contributed by atoms with Crippen LogP contribution >= 0.6 is 11.3 Å². The van der Waals surface area contributed by atoms with Crippen molar-refractivity contribution in [3.63, 3.8) is 0 Å². The first kappa shape index (κ1) is 25.5. The quantitative estimate of drug-likeness (QED) is 0.195. The van der Waals surface area contributed by atoms with E-state index >= 15 is 0 Å². The highest BCUT2D eigenvalue weighted by Crippen LogP contribution is 2.31. The van der Waals surface area contributed by atoms with Crippen LogP contribution < -0.4 is 10.4 Å². The zero-order valence-corrected chi connectivity index (χ0v) is 20.3. The molecule has 3 aromatic rings. The van der Waals surface area contributed by atoms with Crippen molar-refractivity contribution in [3.8, 4) is 16.2 Å². The molecule has 1 aromatic carbocycles. The summed E-state index contributed by atoms with van der Waals surface area (Å²) in [6, 6.07) is 7.59. The van der Waals surface area contributed by atoms with E-state index in [0.29, 0.717) is 22.2 Å². The standard InChI is InChI=1S/C25H24FNO8S/c1-14(28)33-20-13-19-15(12-18(20)26)11-17(25(32)34-19)21-8-7-16(36-21)5-3-2-4-6-24(31)35-27-22(29)9-10-23(27)30/h7-8,11-13,22,29H,2-6,9-10H2,1H3. The maximum atomic E-state index is 14.3. The van der Waals surface area contributed by atoms with Crippen LogP contribution in [-0.2, 0) is 25.6 Å². The zero-order valence-electron chi connectivity index (χ0n) is 19.5. The Kier molecular flexibility index (Phi) is 7.80. The van der Waals surface area contributed by atoms with Crippen LogP contribution in [0.15, 0.2) is 39.5 Å². The van der Waals surface area contributed by atoms with Gasteiger partial charge in [-0.1, -0.05) is 6.42 Å². The fourth-order valence-corrected chi connectivity index (χ4v) is 4.89. The summed E-state index contributed by atoms with van der Waals surface area (Å²) in [5.74, 6) is -2.68. The van der Waals surface area contributed by atoms with Crippen LogP contribution in [-0.4, -0.2) is 34.2 Å². The van der Waals surface area contributed by atoms with Gasteiger partial charge in [0.05, 0.1) is 5.56 Å². The molecule has 2 aromatic heterocycles. The van der Waals surface area contributed by atoms with E-state index in [4.69, 9.17) is 14.0 Å². The molecule has 3 heterocycles. The summed E-state index contributed by atoms with van der Waals surface area (Å²) in [6.07, 6.45) is 2.34. The minimum Gasteiger partial charge on any atom is -0.423 e. The summed E-state index contributed by atoms with van der Waals surface area (Å²) in [5, 5.41) is 10.7. The summed E-state index contributed by atoms with van der Waals surface area (Å²) in [4.78, 5) is 53.7. The molecule has 4 rings (SSSR count). The number of carbonyl (C=O) groups is 3. The number of aryl methyl sites for hydroxylation is 1. The maximum Gasteiger partial charge on any atom is 0.345 e. The highest BCUT2D eigenvalue weighted by atomic mass is 32.1. The van der Waals surface area contributed by atoms with E-state index in [-0.39, 0.29) is 30.6 Å². The molecular weight excluding hydrogens is 493 g/mol. The molecule has 36 heavy (non-hydrogen) atoms. The van der Waals surface area contributed by atoms with E-state index in [1.807, 2.05) is 6.07 Å². The lowest BCUT2D eigenvalue weighted by molar-refractivity contribution is -0.220. The molecule has 0 bridgehead atoms. The van der Waals surface area contributed by atoms with Gasteiger partial charge in [0.15, 0.2) is 17.8 Å². The number of nitrogens with zero attached hydrogens (tertiary/aromatic N) is 1. The third-order valence-corrected chi connectivity index (χ3v) is 6.78. The number of benzene rings is 1. The minimum atomic E-state index is -1.07. The normalized spacial score (nSPS) is 15.5. The van der Waals surface area contributed by atoms with Crippen LogP contribution in [0.5, 0.6) is 5.75 Å². The van der Waals surface area contributed by atoms with Gasteiger partial charge in [-0.05, 0) is 43.5 Å². The highest BCUT2D eigenvalue weighted by molar-refractivity contribution is 7.15. The van der Waals surface area contributed by atoms with Gasteiger partial charge >= 0.3 is 17.6 Å². The Morgan fingerprint density at radius 3 is 2.72 bits per heavy atom. The number of aliphatic hydroxyl groups is 1. The van der Waals surface area contributed by atoms with Gasteiger partial charge in [-0.2, -0.15) is 0 Å². The Bertz CT molecular complexity index is 1360. The summed E-state index contributed by atoms with van der Waals surface area (Å²) in [5.41, 5.74) is -0.170. The number of halogens is 1. The summed E-state index contributed by atoms with van der Waals surface area (Å²) < 4.78 is 24.4. The number of ether oxygens (including phenoxy) is 1. The molecule has 190 valence electrons. The van der Waals surface area contributed by atoms with Crippen LogP contribution in [0, 0.1) is 5.82 Å². The monoisotopic (exact) mass is 517 g/mol. The molecule has 9 nitrogen and oxygen atoms in total. The molecule has 1 unspecified atom stereocenters. The molecule has 1 amide bonds. The zero-order chi connectivity index (χ0) is 25.8. The summed E-state index contributed by atoms with van der Waals surface area (Å²) in [6.45, 7) is 1.15. The second-order valence-electron chi connectivity index (χ2n) is 8.39. The van der Waals surface area contributed by atoms with Gasteiger partial charge in [0.2, 0.25) is 0 Å². The van der Waals surface area contributed by atoms with Crippen molar-refractivity contribution in [2.75, 3.05) is 0 Å². The minimum absolute atomic E-state index is 0.111. The number of aliphatic hydroxyl groups excluding tert-OH is 1. The van der Waals surface area contributed by atoms with Crippen molar-refractivity contribution in [2.45, 2.75) is 58.1 Å². The smallest absolute Gasteiger partial charge is 0.345 e. The lowest BCUT2D eigenvalue weighted by Gasteiger charge is -2.18. The Morgan fingerprint density at radius 2 is 2.00 bits per heavy atom. The van der Waals surface area contributed by atoms with E-state index in [1.165, 1.54) is 17.4 Å². The van der Waals surface area contributed by atoms with Crippen molar-refractivity contribution in [2.24, 2.45) is 0 Å². The molecule has 1 saturated heterocycles. The van der Waals surface area contributed by atoms with E-state index in [9.17, 15) is 28.7 Å². The molecule has 1 N–H and O–H groups in total. The number of hydroxylamine groups is 2. The highest BCUT2D eigenvalue weighted by Gasteiger charge is 2.32. The number of fused-ring (bicyclic) bond motifs is 1. The Labute approximate surface area is 209 Å². The lowest BCUT2D eigenvalue weighted by Crippen LogP contribution is -2.35. The van der Waals surface area contributed by atoms with Gasteiger partial charge in [0, 0.05) is 47.4 Å². The number of hydrogen-bond donors (Lipinski definition) is 1. The van der Waals surface area contributed by atoms with Crippen molar-refractivity contribution < 1.29 is 37.9 Å². The van der Waals surface area contributed by atoms with E-state index in [1.54, 1.807) is 12.1 Å². The van der Waals surface area contributed by atoms with E-state index in [0.717, 1.165) is 42.2 Å². The van der Waals surface area contributed by atoms with Gasteiger partial charge in [-0.15, -0.1) is 16.4 Å².